The van der Waals surface area contributed by atoms with Gasteiger partial charge in [0, 0.05) is 13.1 Å². The molecule has 0 saturated carbocycles. The number of hydrogen-bond donors (Lipinski definition) is 1. The molecule has 1 saturated heterocycles. The highest BCUT2D eigenvalue weighted by Gasteiger charge is 2.38. The molecule has 0 radical (unpaired) electrons. The van der Waals surface area contributed by atoms with Crippen molar-refractivity contribution in [2.24, 2.45) is 5.73 Å². The molecule has 1 heterocycles. The van der Waals surface area contributed by atoms with Crippen LogP contribution >= 0.6 is 0 Å². The molecule has 2 N–H and O–H groups in total. The molecule has 1 aliphatic rings. The van der Waals surface area contributed by atoms with Crippen LogP contribution in [0.3, 0.4) is 0 Å². The van der Waals surface area contributed by atoms with Crippen LogP contribution in [0.15, 0.2) is 0 Å². The predicted molar refractivity (Wildman–Crippen MR) is 64.1 cm³/mol. The second kappa shape index (κ2) is 4.72. The summed E-state index contributed by atoms with van der Waals surface area (Å²) < 4.78 is 5.59. The highest BCUT2D eigenvalue weighted by atomic mass is 16.5. The Bertz CT molecular complexity index is 260. The van der Waals surface area contributed by atoms with E-state index in [1.807, 2.05) is 32.6 Å². The van der Waals surface area contributed by atoms with Crippen molar-refractivity contribution in [2.45, 2.75) is 51.7 Å². The molecule has 4 heteroatoms. The first-order chi connectivity index (χ1) is 7.34. The third kappa shape index (κ3) is 2.74. The van der Waals surface area contributed by atoms with Gasteiger partial charge < -0.3 is 15.4 Å². The topological polar surface area (TPSA) is 55.6 Å². The predicted octanol–water partition coefficient (Wildman–Crippen LogP) is 1.14. The van der Waals surface area contributed by atoms with Crippen molar-refractivity contribution >= 4 is 5.91 Å². The third-order valence-corrected chi connectivity index (χ3v) is 3.40. The molecule has 1 aliphatic heterocycles. The van der Waals surface area contributed by atoms with E-state index in [0.29, 0.717) is 32.5 Å². The van der Waals surface area contributed by atoms with Crippen molar-refractivity contribution in [3.8, 4) is 0 Å². The van der Waals surface area contributed by atoms with E-state index in [9.17, 15) is 4.79 Å². The highest BCUT2D eigenvalue weighted by molar-refractivity contribution is 5.86. The van der Waals surface area contributed by atoms with Crippen molar-refractivity contribution in [1.29, 1.82) is 0 Å². The number of hydrogen-bond acceptors (Lipinski definition) is 3. The fraction of sp³-hybridized carbons (Fsp3) is 0.917. The summed E-state index contributed by atoms with van der Waals surface area (Å²) in [5.74, 6) is 0.0638. The Morgan fingerprint density at radius 3 is 2.44 bits per heavy atom. The summed E-state index contributed by atoms with van der Waals surface area (Å²) >= 11 is 0. The van der Waals surface area contributed by atoms with E-state index in [4.69, 9.17) is 10.5 Å². The SMILES string of the molecule is CCC(N)(CC)C(=O)N1CCOC(C)(C)C1. The maximum absolute atomic E-state index is 12.3. The summed E-state index contributed by atoms with van der Waals surface area (Å²) in [7, 11) is 0. The Morgan fingerprint density at radius 2 is 2.00 bits per heavy atom. The van der Waals surface area contributed by atoms with Crippen LogP contribution in [0.2, 0.25) is 0 Å². The molecule has 94 valence electrons. The molecule has 0 aromatic carbocycles. The Morgan fingerprint density at radius 1 is 1.44 bits per heavy atom. The largest absolute Gasteiger partial charge is 0.372 e. The molecule has 0 atom stereocenters. The van der Waals surface area contributed by atoms with Gasteiger partial charge in [0.05, 0.1) is 17.7 Å². The monoisotopic (exact) mass is 228 g/mol. The number of morpholine rings is 1. The van der Waals surface area contributed by atoms with E-state index in [2.05, 4.69) is 0 Å². The maximum Gasteiger partial charge on any atom is 0.242 e. The lowest BCUT2D eigenvalue weighted by atomic mass is 9.91. The lowest BCUT2D eigenvalue weighted by molar-refractivity contribution is -0.151. The average Bonchev–Trinajstić information content (AvgIpc) is 2.25. The van der Waals surface area contributed by atoms with Gasteiger partial charge in [-0.05, 0) is 26.7 Å². The van der Waals surface area contributed by atoms with Gasteiger partial charge in [0.2, 0.25) is 5.91 Å². The first kappa shape index (κ1) is 13.5. The van der Waals surface area contributed by atoms with Crippen LogP contribution in [-0.2, 0) is 9.53 Å². The maximum atomic E-state index is 12.3. The van der Waals surface area contributed by atoms with E-state index in [1.165, 1.54) is 0 Å². The van der Waals surface area contributed by atoms with Crippen LogP contribution in [0.1, 0.15) is 40.5 Å². The summed E-state index contributed by atoms with van der Waals surface area (Å²) in [6.45, 7) is 9.82. The van der Waals surface area contributed by atoms with Crippen molar-refractivity contribution < 1.29 is 9.53 Å². The summed E-state index contributed by atoms with van der Waals surface area (Å²) in [6.07, 6.45) is 1.36. The van der Waals surface area contributed by atoms with Gasteiger partial charge in [-0.2, -0.15) is 0 Å². The van der Waals surface area contributed by atoms with E-state index in [-0.39, 0.29) is 11.5 Å². The first-order valence-electron chi connectivity index (χ1n) is 6.07. The van der Waals surface area contributed by atoms with Gasteiger partial charge in [-0.3, -0.25) is 4.79 Å². The number of rotatable bonds is 3. The fourth-order valence-corrected chi connectivity index (χ4v) is 2.06. The quantitative estimate of drug-likeness (QED) is 0.788. The van der Waals surface area contributed by atoms with E-state index in [1.54, 1.807) is 0 Å². The zero-order chi connectivity index (χ0) is 12.4. The van der Waals surface area contributed by atoms with Crippen molar-refractivity contribution in [3.63, 3.8) is 0 Å². The van der Waals surface area contributed by atoms with Crippen molar-refractivity contribution in [1.82, 2.24) is 4.90 Å². The fourth-order valence-electron chi connectivity index (χ4n) is 2.06. The van der Waals surface area contributed by atoms with Gasteiger partial charge >= 0.3 is 0 Å². The second-order valence-electron chi connectivity index (χ2n) is 5.20. The highest BCUT2D eigenvalue weighted by Crippen LogP contribution is 2.21. The summed E-state index contributed by atoms with van der Waals surface area (Å²) in [5, 5.41) is 0. The number of amides is 1. The molecule has 0 bridgehead atoms. The molecule has 1 amide bonds. The lowest BCUT2D eigenvalue weighted by Gasteiger charge is -2.41. The Balaban J connectivity index is 2.74. The third-order valence-electron chi connectivity index (χ3n) is 3.40. The smallest absolute Gasteiger partial charge is 0.242 e. The molecule has 1 rings (SSSR count). The molecular formula is C12H24N2O2. The number of carbonyl (C=O) groups is 1. The number of carbonyl (C=O) groups excluding carboxylic acids is 1. The number of nitrogens with two attached hydrogens (primary N) is 1. The Hall–Kier alpha value is -0.610. The van der Waals surface area contributed by atoms with Crippen LogP contribution in [-0.4, -0.2) is 41.6 Å². The standard InChI is InChI=1S/C12H24N2O2/c1-5-12(13,6-2)10(15)14-7-8-16-11(3,4)9-14/h5-9,13H2,1-4H3. The minimum absolute atomic E-state index is 0.0638. The summed E-state index contributed by atoms with van der Waals surface area (Å²) in [6, 6.07) is 0. The van der Waals surface area contributed by atoms with E-state index >= 15 is 0 Å². The van der Waals surface area contributed by atoms with Crippen molar-refractivity contribution in [2.75, 3.05) is 19.7 Å². The number of nitrogens with zero attached hydrogens (tertiary/aromatic N) is 1. The average molecular weight is 228 g/mol. The van der Waals surface area contributed by atoms with Gasteiger partial charge in [0.25, 0.3) is 0 Å². The molecule has 0 aliphatic carbocycles. The lowest BCUT2D eigenvalue weighted by Crippen LogP contribution is -2.60. The van der Waals surface area contributed by atoms with Gasteiger partial charge in [-0.1, -0.05) is 13.8 Å². The zero-order valence-electron chi connectivity index (χ0n) is 10.9. The van der Waals surface area contributed by atoms with E-state index < -0.39 is 5.54 Å². The van der Waals surface area contributed by atoms with Gasteiger partial charge in [0.15, 0.2) is 0 Å². The van der Waals surface area contributed by atoms with Crippen LogP contribution < -0.4 is 5.73 Å². The Labute approximate surface area is 98.1 Å². The molecule has 4 nitrogen and oxygen atoms in total. The zero-order valence-corrected chi connectivity index (χ0v) is 10.9. The normalized spacial score (nSPS) is 20.9. The number of ether oxygens (including phenoxy) is 1. The van der Waals surface area contributed by atoms with Crippen LogP contribution in [0.25, 0.3) is 0 Å². The van der Waals surface area contributed by atoms with Crippen LogP contribution in [0.5, 0.6) is 0 Å². The first-order valence-corrected chi connectivity index (χ1v) is 6.07. The minimum atomic E-state index is -0.701. The molecule has 16 heavy (non-hydrogen) atoms. The molecule has 0 aromatic heterocycles. The van der Waals surface area contributed by atoms with Crippen LogP contribution in [0, 0.1) is 0 Å². The Kier molecular flexibility index (Phi) is 3.97. The molecule has 1 fully saturated rings. The minimum Gasteiger partial charge on any atom is -0.372 e. The molecular weight excluding hydrogens is 204 g/mol. The summed E-state index contributed by atoms with van der Waals surface area (Å²) in [5.41, 5.74) is 5.17. The van der Waals surface area contributed by atoms with Crippen molar-refractivity contribution in [3.05, 3.63) is 0 Å². The van der Waals surface area contributed by atoms with Gasteiger partial charge in [-0.15, -0.1) is 0 Å². The molecule has 0 spiro atoms. The van der Waals surface area contributed by atoms with Gasteiger partial charge in [0.1, 0.15) is 0 Å². The van der Waals surface area contributed by atoms with Gasteiger partial charge in [-0.25, -0.2) is 0 Å². The van der Waals surface area contributed by atoms with E-state index in [0.717, 1.165) is 0 Å². The van der Waals surface area contributed by atoms with Crippen LogP contribution in [0.4, 0.5) is 0 Å². The second-order valence-corrected chi connectivity index (χ2v) is 5.20. The summed E-state index contributed by atoms with van der Waals surface area (Å²) in [4.78, 5) is 14.2. The molecule has 0 aromatic rings. The molecule has 0 unspecified atom stereocenters.